The van der Waals surface area contributed by atoms with Gasteiger partial charge in [0, 0.05) is 0 Å². The highest BCUT2D eigenvalue weighted by Crippen LogP contribution is 2.25. The summed E-state index contributed by atoms with van der Waals surface area (Å²) in [5.74, 6) is 1.13. The van der Waals surface area contributed by atoms with E-state index in [9.17, 15) is 8.42 Å². The first kappa shape index (κ1) is 40.6. The fourth-order valence-electron chi connectivity index (χ4n) is 5.82. The van der Waals surface area contributed by atoms with Crippen LogP contribution in [0, 0.1) is 18.8 Å². The van der Waals surface area contributed by atoms with Gasteiger partial charge in [-0.1, -0.05) is 153 Å². The second kappa shape index (κ2) is 26.8. The van der Waals surface area contributed by atoms with Gasteiger partial charge >= 0.3 is 0 Å². The van der Waals surface area contributed by atoms with E-state index < -0.39 is 10.1 Å². The largest absolute Gasteiger partial charge is 0.297 e. The molecule has 4 heteroatoms. The van der Waals surface area contributed by atoms with Gasteiger partial charge in [0.15, 0.2) is 0 Å². The van der Waals surface area contributed by atoms with E-state index in [0.717, 1.165) is 50.5 Å². The lowest BCUT2D eigenvalue weighted by molar-refractivity contribution is 0.162. The topological polar surface area (TPSA) is 43.4 Å². The highest BCUT2D eigenvalue weighted by Gasteiger charge is 2.23. The molecule has 1 unspecified atom stereocenters. The van der Waals surface area contributed by atoms with E-state index in [1.165, 1.54) is 96.3 Å². The molecule has 3 nitrogen and oxygen atoms in total. The van der Waals surface area contributed by atoms with Crippen LogP contribution in [0.3, 0.4) is 0 Å². The Morgan fingerprint density at radius 3 is 1.73 bits per heavy atom. The Morgan fingerprint density at radius 2 is 1.11 bits per heavy atom. The molecule has 1 rings (SSSR count). The SMILES string of the molecule is CCCCCC/C=C\CC[C@@H](C)C/C=C\CC[C@@H](C)CC(CCCCCCCCCCCC)OS(=O)(=O)c1ccc(C)cc1. The molecule has 254 valence electrons. The van der Waals surface area contributed by atoms with Crippen molar-refractivity contribution < 1.29 is 12.6 Å². The summed E-state index contributed by atoms with van der Waals surface area (Å²) in [5, 5.41) is 0. The zero-order chi connectivity index (χ0) is 32.3. The lowest BCUT2D eigenvalue weighted by atomic mass is 9.95. The first-order chi connectivity index (χ1) is 21.3. The van der Waals surface area contributed by atoms with E-state index in [1.807, 2.05) is 19.1 Å². The third-order valence-corrected chi connectivity index (χ3v) is 10.2. The molecule has 0 saturated carbocycles. The monoisotopic (exact) mass is 631 g/mol. The average Bonchev–Trinajstić information content (AvgIpc) is 2.99. The molecule has 0 N–H and O–H groups in total. The van der Waals surface area contributed by atoms with E-state index in [2.05, 4.69) is 52.0 Å². The van der Waals surface area contributed by atoms with Crippen molar-refractivity contribution in [1.29, 1.82) is 0 Å². The van der Waals surface area contributed by atoms with Crippen molar-refractivity contribution >= 4 is 10.1 Å². The Kier molecular flexibility index (Phi) is 24.7. The third kappa shape index (κ3) is 22.2. The zero-order valence-electron chi connectivity index (χ0n) is 29.5. The van der Waals surface area contributed by atoms with E-state index in [4.69, 9.17) is 4.18 Å². The second-order valence-corrected chi connectivity index (χ2v) is 15.2. The van der Waals surface area contributed by atoms with Crippen molar-refractivity contribution in [1.82, 2.24) is 0 Å². The second-order valence-electron chi connectivity index (χ2n) is 13.6. The van der Waals surface area contributed by atoms with Crippen LogP contribution in [0.1, 0.15) is 175 Å². The molecule has 3 atom stereocenters. The number of unbranched alkanes of at least 4 members (excludes halogenated alkanes) is 13. The van der Waals surface area contributed by atoms with Crippen LogP contribution in [0.2, 0.25) is 0 Å². The first-order valence-corrected chi connectivity index (χ1v) is 20.0. The molecule has 0 bridgehead atoms. The van der Waals surface area contributed by atoms with Gasteiger partial charge in [0.25, 0.3) is 10.1 Å². The van der Waals surface area contributed by atoms with Crippen LogP contribution in [-0.4, -0.2) is 14.5 Å². The summed E-state index contributed by atoms with van der Waals surface area (Å²) in [4.78, 5) is 0.267. The molecule has 0 aliphatic carbocycles. The predicted octanol–water partition coefficient (Wildman–Crippen LogP) is 13.1. The summed E-state index contributed by atoms with van der Waals surface area (Å²) in [6, 6.07) is 7.02. The molecule has 0 radical (unpaired) electrons. The lowest BCUT2D eigenvalue weighted by Crippen LogP contribution is -2.21. The summed E-state index contributed by atoms with van der Waals surface area (Å²) in [5.41, 5.74) is 1.05. The quantitative estimate of drug-likeness (QED) is 0.0502. The summed E-state index contributed by atoms with van der Waals surface area (Å²) < 4.78 is 32.1. The van der Waals surface area contributed by atoms with Gasteiger partial charge in [0.1, 0.15) is 0 Å². The molecule has 0 spiro atoms. The van der Waals surface area contributed by atoms with E-state index >= 15 is 0 Å². The number of allylic oxidation sites excluding steroid dienone is 4. The van der Waals surface area contributed by atoms with Gasteiger partial charge in [-0.15, -0.1) is 0 Å². The molecular formula is C40H70O3S. The molecule has 0 saturated heterocycles. The van der Waals surface area contributed by atoms with Gasteiger partial charge in [-0.3, -0.25) is 4.18 Å². The summed E-state index contributed by atoms with van der Waals surface area (Å²) in [6.07, 6.45) is 35.8. The molecular weight excluding hydrogens is 561 g/mol. The van der Waals surface area contributed by atoms with Gasteiger partial charge in [0.05, 0.1) is 11.0 Å². The van der Waals surface area contributed by atoms with E-state index in [-0.39, 0.29) is 11.0 Å². The molecule has 0 aliphatic heterocycles. The van der Waals surface area contributed by atoms with E-state index in [1.54, 1.807) is 12.1 Å². The maximum atomic E-state index is 13.1. The van der Waals surface area contributed by atoms with Crippen molar-refractivity contribution in [2.45, 2.75) is 187 Å². The van der Waals surface area contributed by atoms with Gasteiger partial charge in [-0.25, -0.2) is 0 Å². The standard InChI is InChI=1S/C40H70O3S/c1-6-8-10-12-14-16-17-19-21-26-30-39(43-44(41,42)40-33-31-37(4)32-34-40)35-38(5)29-25-22-24-28-36(3)27-23-20-18-15-13-11-9-7-2/h18,20,22,24,31-34,36,38-39H,6-17,19,21,23,25-30,35H2,1-5H3/b20-18-,24-22-/t36-,38-,39?/m1/s1. The fraction of sp³-hybridized carbons (Fsp3) is 0.750. The Bertz CT molecular complexity index is 947. The van der Waals surface area contributed by atoms with Gasteiger partial charge in [-0.05, 0) is 88.7 Å². The Balaban J connectivity index is 2.44. The van der Waals surface area contributed by atoms with Crippen LogP contribution in [0.25, 0.3) is 0 Å². The van der Waals surface area contributed by atoms with Crippen LogP contribution >= 0.6 is 0 Å². The summed E-state index contributed by atoms with van der Waals surface area (Å²) in [7, 11) is -3.76. The van der Waals surface area contributed by atoms with Crippen LogP contribution in [-0.2, 0) is 14.3 Å². The van der Waals surface area contributed by atoms with Crippen LogP contribution in [0.4, 0.5) is 0 Å². The Morgan fingerprint density at radius 1 is 0.614 bits per heavy atom. The molecule has 1 aromatic carbocycles. The third-order valence-electron chi connectivity index (χ3n) is 8.87. The minimum Gasteiger partial charge on any atom is -0.263 e. The maximum absolute atomic E-state index is 13.1. The highest BCUT2D eigenvalue weighted by atomic mass is 32.2. The molecule has 0 aromatic heterocycles. The van der Waals surface area contributed by atoms with Crippen LogP contribution in [0.15, 0.2) is 53.5 Å². The highest BCUT2D eigenvalue weighted by molar-refractivity contribution is 7.86. The van der Waals surface area contributed by atoms with Crippen LogP contribution in [0.5, 0.6) is 0 Å². The summed E-state index contributed by atoms with van der Waals surface area (Å²) in [6.45, 7) is 11.1. The number of hydrogen-bond donors (Lipinski definition) is 0. The van der Waals surface area contributed by atoms with Crippen LogP contribution < -0.4 is 0 Å². The summed E-state index contributed by atoms with van der Waals surface area (Å²) >= 11 is 0. The minimum absolute atomic E-state index is 0.256. The fourth-order valence-corrected chi connectivity index (χ4v) is 6.93. The molecule has 44 heavy (non-hydrogen) atoms. The minimum atomic E-state index is -3.76. The lowest BCUT2D eigenvalue weighted by Gasteiger charge is -2.21. The Hall–Kier alpha value is -1.39. The predicted molar refractivity (Wildman–Crippen MR) is 193 cm³/mol. The average molecular weight is 631 g/mol. The maximum Gasteiger partial charge on any atom is 0.297 e. The van der Waals surface area contributed by atoms with Crippen molar-refractivity contribution in [3.63, 3.8) is 0 Å². The molecule has 0 aliphatic rings. The van der Waals surface area contributed by atoms with Gasteiger partial charge in [0.2, 0.25) is 0 Å². The Labute approximate surface area is 274 Å². The van der Waals surface area contributed by atoms with E-state index in [0.29, 0.717) is 11.8 Å². The van der Waals surface area contributed by atoms with Crippen molar-refractivity contribution in [3.05, 3.63) is 54.1 Å². The van der Waals surface area contributed by atoms with Crippen molar-refractivity contribution in [2.75, 3.05) is 0 Å². The van der Waals surface area contributed by atoms with Gasteiger partial charge < -0.3 is 0 Å². The smallest absolute Gasteiger partial charge is 0.263 e. The van der Waals surface area contributed by atoms with Crippen molar-refractivity contribution in [2.24, 2.45) is 11.8 Å². The molecule has 0 heterocycles. The normalized spacial score (nSPS) is 14.5. The van der Waals surface area contributed by atoms with Crippen molar-refractivity contribution in [3.8, 4) is 0 Å². The van der Waals surface area contributed by atoms with Gasteiger partial charge in [-0.2, -0.15) is 8.42 Å². The number of aryl methyl sites for hydroxylation is 1. The molecule has 0 amide bonds. The molecule has 0 fully saturated rings. The number of benzene rings is 1. The number of rotatable bonds is 29. The molecule has 1 aromatic rings. The first-order valence-electron chi connectivity index (χ1n) is 18.6. The zero-order valence-corrected chi connectivity index (χ0v) is 30.4. The number of hydrogen-bond acceptors (Lipinski definition) is 3.